The van der Waals surface area contributed by atoms with E-state index in [0.717, 1.165) is 17.7 Å². The summed E-state index contributed by atoms with van der Waals surface area (Å²) in [6.07, 6.45) is 3.54. The van der Waals surface area contributed by atoms with Gasteiger partial charge in [0.05, 0.1) is 12.5 Å². The minimum Gasteiger partial charge on any atom is -0.465 e. The van der Waals surface area contributed by atoms with Crippen LogP contribution in [-0.2, 0) is 14.3 Å². The predicted molar refractivity (Wildman–Crippen MR) is 115 cm³/mol. The summed E-state index contributed by atoms with van der Waals surface area (Å²) in [6, 6.07) is 15.7. The minimum absolute atomic E-state index is 0.0466. The van der Waals surface area contributed by atoms with Gasteiger partial charge in [0.15, 0.2) is 5.78 Å². The maximum absolute atomic E-state index is 13.4. The lowest BCUT2D eigenvalue weighted by Gasteiger charge is -2.36. The number of rotatable bonds is 5. The van der Waals surface area contributed by atoms with Crippen molar-refractivity contribution in [3.63, 3.8) is 0 Å². The van der Waals surface area contributed by atoms with E-state index >= 15 is 0 Å². The van der Waals surface area contributed by atoms with Gasteiger partial charge >= 0.3 is 5.97 Å². The number of benzene rings is 1. The molecule has 0 saturated heterocycles. The van der Waals surface area contributed by atoms with Gasteiger partial charge in [0.25, 0.3) is 0 Å². The molecule has 154 valence electrons. The first-order chi connectivity index (χ1) is 14.6. The van der Waals surface area contributed by atoms with Gasteiger partial charge in [-0.15, -0.1) is 0 Å². The summed E-state index contributed by atoms with van der Waals surface area (Å²) in [6.45, 7) is 4.17. The molecule has 0 radical (unpaired) electrons. The van der Waals surface area contributed by atoms with E-state index in [2.05, 4.69) is 17.1 Å². The average Bonchev–Trinajstić information content (AvgIpc) is 2.77. The van der Waals surface area contributed by atoms with Crippen molar-refractivity contribution >= 4 is 17.5 Å². The number of aromatic nitrogens is 1. The number of esters is 1. The van der Waals surface area contributed by atoms with Crippen molar-refractivity contribution in [3.05, 3.63) is 77.3 Å². The number of hydrogen-bond donors (Lipinski definition) is 0. The van der Waals surface area contributed by atoms with Crippen molar-refractivity contribution in [2.75, 3.05) is 6.61 Å². The Bertz CT molecular complexity index is 996. The number of ether oxygens (including phenoxy) is 1. The van der Waals surface area contributed by atoms with Crippen LogP contribution in [0.1, 0.15) is 56.2 Å². The highest BCUT2D eigenvalue weighted by atomic mass is 16.5. The van der Waals surface area contributed by atoms with Gasteiger partial charge in [0, 0.05) is 35.3 Å². The minimum atomic E-state index is -0.623. The quantitative estimate of drug-likeness (QED) is 0.685. The number of hydrogen-bond acceptors (Lipinski definition) is 5. The van der Waals surface area contributed by atoms with Crippen molar-refractivity contribution in [1.82, 2.24) is 4.98 Å². The summed E-state index contributed by atoms with van der Waals surface area (Å²) in [5, 5.41) is 0. The smallest absolute Gasteiger partial charge is 0.315 e. The van der Waals surface area contributed by atoms with Gasteiger partial charge in [-0.1, -0.05) is 43.3 Å². The monoisotopic (exact) mass is 402 g/mol. The number of carbonyl (C=O) groups is 2. The predicted octanol–water partition coefficient (Wildman–Crippen LogP) is 4.61. The summed E-state index contributed by atoms with van der Waals surface area (Å²) in [4.78, 5) is 35.6. The van der Waals surface area contributed by atoms with Gasteiger partial charge in [0.1, 0.15) is 5.92 Å². The highest BCUT2D eigenvalue weighted by Gasteiger charge is 2.45. The van der Waals surface area contributed by atoms with Crippen molar-refractivity contribution in [1.29, 1.82) is 0 Å². The van der Waals surface area contributed by atoms with Crippen molar-refractivity contribution in [2.24, 2.45) is 10.9 Å². The number of allylic oxidation sites excluding steroid dienone is 2. The first-order valence-corrected chi connectivity index (χ1v) is 10.5. The van der Waals surface area contributed by atoms with Crippen LogP contribution in [0, 0.1) is 5.92 Å². The van der Waals surface area contributed by atoms with Gasteiger partial charge in [0.2, 0.25) is 0 Å². The summed E-state index contributed by atoms with van der Waals surface area (Å²) in [5.74, 6) is -1.26. The molecule has 3 atom stereocenters. The van der Waals surface area contributed by atoms with Crippen LogP contribution in [0.5, 0.6) is 0 Å². The standard InChI is InChI=1S/C25H26N2O3/c1-3-13-30-25(29)22-16(2)27-20-14-18(17-9-5-4-6-10-17)15-21(28)23(20)24(22)19-11-7-8-12-26-19/h4-12,18,22,24H,3,13-15H2,1-2H3/t18-,22?,24-/m1/s1. The van der Waals surface area contributed by atoms with E-state index in [4.69, 9.17) is 9.73 Å². The molecule has 1 aliphatic heterocycles. The molecular weight excluding hydrogens is 376 g/mol. The molecule has 1 aliphatic carbocycles. The highest BCUT2D eigenvalue weighted by Crippen LogP contribution is 2.46. The summed E-state index contributed by atoms with van der Waals surface area (Å²) >= 11 is 0. The molecular formula is C25H26N2O3. The molecule has 2 heterocycles. The van der Waals surface area contributed by atoms with Gasteiger partial charge in [-0.05, 0) is 43.4 Å². The Hall–Kier alpha value is -3.08. The van der Waals surface area contributed by atoms with E-state index in [0.29, 0.717) is 36.4 Å². The van der Waals surface area contributed by atoms with E-state index in [1.54, 1.807) is 6.20 Å². The van der Waals surface area contributed by atoms with Crippen molar-refractivity contribution in [2.45, 2.75) is 44.9 Å². The molecule has 0 fully saturated rings. The third-order valence-corrected chi connectivity index (χ3v) is 5.87. The lowest BCUT2D eigenvalue weighted by Crippen LogP contribution is -2.38. The molecule has 0 amide bonds. The van der Waals surface area contributed by atoms with Gasteiger partial charge < -0.3 is 4.74 Å². The molecule has 1 aromatic carbocycles. The molecule has 0 bridgehead atoms. The van der Waals surface area contributed by atoms with E-state index in [1.807, 2.05) is 50.2 Å². The summed E-state index contributed by atoms with van der Waals surface area (Å²) in [5.41, 5.74) is 3.96. The molecule has 4 rings (SSSR count). The molecule has 1 unspecified atom stereocenters. The zero-order valence-corrected chi connectivity index (χ0v) is 17.4. The van der Waals surface area contributed by atoms with Gasteiger partial charge in [-0.3, -0.25) is 19.6 Å². The van der Waals surface area contributed by atoms with Crippen molar-refractivity contribution in [3.8, 4) is 0 Å². The Kier molecular flexibility index (Phi) is 5.88. The fourth-order valence-corrected chi connectivity index (χ4v) is 4.50. The summed E-state index contributed by atoms with van der Waals surface area (Å²) in [7, 11) is 0. The number of nitrogens with zero attached hydrogens (tertiary/aromatic N) is 2. The Labute approximate surface area is 176 Å². The van der Waals surface area contributed by atoms with Crippen LogP contribution in [0.3, 0.4) is 0 Å². The summed E-state index contributed by atoms with van der Waals surface area (Å²) < 4.78 is 5.48. The Morgan fingerprint density at radius 3 is 2.57 bits per heavy atom. The molecule has 5 nitrogen and oxygen atoms in total. The fraction of sp³-hybridized carbons (Fsp3) is 0.360. The van der Waals surface area contributed by atoms with E-state index in [9.17, 15) is 9.59 Å². The van der Waals surface area contributed by atoms with Crippen LogP contribution < -0.4 is 0 Å². The zero-order valence-electron chi connectivity index (χ0n) is 17.4. The van der Waals surface area contributed by atoms with Crippen LogP contribution in [0.2, 0.25) is 0 Å². The normalized spacial score (nSPS) is 23.6. The Morgan fingerprint density at radius 1 is 1.10 bits per heavy atom. The van der Waals surface area contributed by atoms with E-state index in [1.165, 1.54) is 0 Å². The molecule has 30 heavy (non-hydrogen) atoms. The Morgan fingerprint density at radius 2 is 1.87 bits per heavy atom. The first-order valence-electron chi connectivity index (χ1n) is 10.5. The third kappa shape index (κ3) is 3.84. The SMILES string of the molecule is CCCOC(=O)C1C(C)=NC2=C(C(=O)C[C@H](c3ccccc3)C2)[C@@H]1c1ccccn1. The van der Waals surface area contributed by atoms with Crippen LogP contribution in [0.15, 0.2) is 71.0 Å². The lowest BCUT2D eigenvalue weighted by atomic mass is 9.70. The highest BCUT2D eigenvalue weighted by molar-refractivity contribution is 6.09. The number of carbonyl (C=O) groups excluding carboxylic acids is 2. The average molecular weight is 402 g/mol. The van der Waals surface area contributed by atoms with E-state index in [-0.39, 0.29) is 17.7 Å². The number of pyridine rings is 1. The molecule has 0 N–H and O–H groups in total. The second-order valence-electron chi connectivity index (χ2n) is 7.93. The first kappa shape index (κ1) is 20.2. The fourth-order valence-electron chi connectivity index (χ4n) is 4.50. The lowest BCUT2D eigenvalue weighted by molar-refractivity contribution is -0.146. The van der Waals surface area contributed by atoms with Crippen LogP contribution in [-0.4, -0.2) is 29.1 Å². The number of ketones is 1. The maximum atomic E-state index is 13.4. The van der Waals surface area contributed by atoms with Gasteiger partial charge in [-0.25, -0.2) is 0 Å². The second kappa shape index (κ2) is 8.74. The largest absolute Gasteiger partial charge is 0.465 e. The number of aliphatic imine (C=N–C) groups is 1. The molecule has 0 spiro atoms. The molecule has 0 saturated carbocycles. The van der Waals surface area contributed by atoms with Gasteiger partial charge in [-0.2, -0.15) is 0 Å². The van der Waals surface area contributed by atoms with Crippen LogP contribution >= 0.6 is 0 Å². The Balaban J connectivity index is 1.76. The van der Waals surface area contributed by atoms with Crippen molar-refractivity contribution < 1.29 is 14.3 Å². The van der Waals surface area contributed by atoms with Crippen LogP contribution in [0.25, 0.3) is 0 Å². The maximum Gasteiger partial charge on any atom is 0.315 e. The third-order valence-electron chi connectivity index (χ3n) is 5.87. The van der Waals surface area contributed by atoms with Crippen LogP contribution in [0.4, 0.5) is 0 Å². The van der Waals surface area contributed by atoms with E-state index < -0.39 is 11.8 Å². The molecule has 2 aliphatic rings. The zero-order chi connectivity index (χ0) is 21.1. The second-order valence-corrected chi connectivity index (χ2v) is 7.93. The molecule has 5 heteroatoms. The molecule has 1 aromatic heterocycles. The number of Topliss-reactive ketones (excluding diaryl/α,β-unsaturated/α-hetero) is 1. The molecule has 2 aromatic rings. The topological polar surface area (TPSA) is 68.6 Å².